The van der Waals surface area contributed by atoms with Crippen LogP contribution in [-0.2, 0) is 21.4 Å². The van der Waals surface area contributed by atoms with Gasteiger partial charge >= 0.3 is 6.03 Å². The van der Waals surface area contributed by atoms with Crippen LogP contribution in [0.5, 0.6) is 0 Å². The molecule has 0 bridgehead atoms. The zero-order valence-corrected chi connectivity index (χ0v) is 18.3. The van der Waals surface area contributed by atoms with Crippen LogP contribution in [0.25, 0.3) is 0 Å². The van der Waals surface area contributed by atoms with Gasteiger partial charge in [-0.2, -0.15) is 0 Å². The van der Waals surface area contributed by atoms with Crippen molar-refractivity contribution in [2.24, 2.45) is 0 Å². The Hall–Kier alpha value is -3.85. The average molecular weight is 453 g/mol. The first-order chi connectivity index (χ1) is 15.3. The molecule has 0 heterocycles. The number of nitrogens with one attached hydrogen (secondary N) is 4. The molecule has 3 amide bonds. The second-order valence-corrected chi connectivity index (χ2v) is 8.75. The van der Waals surface area contributed by atoms with Crippen LogP contribution >= 0.6 is 0 Å². The summed E-state index contributed by atoms with van der Waals surface area (Å²) in [5.74, 6) is -0.437. The molecule has 3 aromatic carbocycles. The maximum absolute atomic E-state index is 12.4. The summed E-state index contributed by atoms with van der Waals surface area (Å²) in [6, 6.07) is 21.6. The summed E-state index contributed by atoms with van der Waals surface area (Å²) >= 11 is 0. The summed E-state index contributed by atoms with van der Waals surface area (Å²) in [5.41, 5.74) is 2.95. The van der Waals surface area contributed by atoms with Gasteiger partial charge in [0.2, 0.25) is 5.91 Å². The minimum Gasteiger partial charge on any atom is -0.334 e. The van der Waals surface area contributed by atoms with Gasteiger partial charge in [0.05, 0.1) is 11.4 Å². The topological polar surface area (TPSA) is 116 Å². The van der Waals surface area contributed by atoms with Gasteiger partial charge in [0.15, 0.2) is 0 Å². The van der Waals surface area contributed by atoms with E-state index in [1.807, 2.05) is 31.2 Å². The molecule has 166 valence electrons. The van der Waals surface area contributed by atoms with Gasteiger partial charge in [-0.25, -0.2) is 13.2 Å². The monoisotopic (exact) mass is 452 g/mol. The Morgan fingerprint density at radius 1 is 0.781 bits per heavy atom. The third-order valence-electron chi connectivity index (χ3n) is 4.46. The quantitative estimate of drug-likeness (QED) is 0.420. The standard InChI is InChI=1S/C23H24N4O4S/c1-17-7-9-18(10-8-17)15-24-23(29)25-16-22(28)26-19-11-13-21(14-12-19)32(30,31)27-20-5-3-2-4-6-20/h2-14,27H,15-16H2,1H3,(H,26,28)(H2,24,25,29). The lowest BCUT2D eigenvalue weighted by Gasteiger charge is -2.10. The summed E-state index contributed by atoms with van der Waals surface area (Å²) < 4.78 is 27.4. The molecule has 0 fully saturated rings. The summed E-state index contributed by atoms with van der Waals surface area (Å²) in [6.45, 7) is 2.10. The number of urea groups is 1. The number of hydrogen-bond acceptors (Lipinski definition) is 4. The van der Waals surface area contributed by atoms with E-state index in [9.17, 15) is 18.0 Å². The van der Waals surface area contributed by atoms with Crippen LogP contribution in [0.15, 0.2) is 83.8 Å². The molecule has 0 radical (unpaired) electrons. The van der Waals surface area contributed by atoms with Crippen LogP contribution in [-0.4, -0.2) is 26.9 Å². The number of amides is 3. The molecule has 0 unspecified atom stereocenters. The average Bonchev–Trinajstić information content (AvgIpc) is 2.78. The summed E-state index contributed by atoms with van der Waals surface area (Å²) in [4.78, 5) is 24.0. The Bertz CT molecular complexity index is 1160. The first-order valence-corrected chi connectivity index (χ1v) is 11.4. The van der Waals surface area contributed by atoms with E-state index < -0.39 is 22.0 Å². The Balaban J connectivity index is 1.45. The number of anilines is 2. The first-order valence-electron chi connectivity index (χ1n) is 9.87. The fourth-order valence-corrected chi connectivity index (χ4v) is 3.81. The first kappa shape index (κ1) is 22.8. The highest BCUT2D eigenvalue weighted by Crippen LogP contribution is 2.18. The molecule has 0 atom stereocenters. The van der Waals surface area contributed by atoms with Gasteiger partial charge < -0.3 is 16.0 Å². The van der Waals surface area contributed by atoms with E-state index in [-0.39, 0.29) is 11.4 Å². The van der Waals surface area contributed by atoms with E-state index in [4.69, 9.17) is 0 Å². The van der Waals surface area contributed by atoms with Gasteiger partial charge in [-0.15, -0.1) is 0 Å². The van der Waals surface area contributed by atoms with Gasteiger partial charge in [-0.3, -0.25) is 9.52 Å². The fraction of sp³-hybridized carbons (Fsp3) is 0.130. The molecule has 8 nitrogen and oxygen atoms in total. The smallest absolute Gasteiger partial charge is 0.315 e. The van der Waals surface area contributed by atoms with Crippen molar-refractivity contribution in [3.05, 3.63) is 90.0 Å². The molecule has 32 heavy (non-hydrogen) atoms. The van der Waals surface area contributed by atoms with Crippen LogP contribution in [0.4, 0.5) is 16.2 Å². The third-order valence-corrected chi connectivity index (χ3v) is 5.85. The van der Waals surface area contributed by atoms with Gasteiger partial charge in [-0.1, -0.05) is 48.0 Å². The number of benzene rings is 3. The van der Waals surface area contributed by atoms with Crippen molar-refractivity contribution < 1.29 is 18.0 Å². The molecule has 9 heteroatoms. The number of aryl methyl sites for hydroxylation is 1. The molecule has 3 aromatic rings. The molecular weight excluding hydrogens is 428 g/mol. The highest BCUT2D eigenvalue weighted by molar-refractivity contribution is 7.92. The van der Waals surface area contributed by atoms with Crippen molar-refractivity contribution in [2.45, 2.75) is 18.4 Å². The van der Waals surface area contributed by atoms with Gasteiger partial charge in [0.1, 0.15) is 0 Å². The lowest BCUT2D eigenvalue weighted by Crippen LogP contribution is -2.39. The molecule has 0 saturated carbocycles. The Morgan fingerprint density at radius 2 is 1.44 bits per heavy atom. The molecule has 4 N–H and O–H groups in total. The number of sulfonamides is 1. The molecule has 3 rings (SSSR count). The van der Waals surface area contributed by atoms with E-state index in [0.717, 1.165) is 11.1 Å². The van der Waals surface area contributed by atoms with E-state index in [1.54, 1.807) is 30.3 Å². The summed E-state index contributed by atoms with van der Waals surface area (Å²) in [6.07, 6.45) is 0. The highest BCUT2D eigenvalue weighted by atomic mass is 32.2. The summed E-state index contributed by atoms with van der Waals surface area (Å²) in [7, 11) is -3.74. The maximum Gasteiger partial charge on any atom is 0.315 e. The van der Waals surface area contributed by atoms with Crippen LogP contribution in [0.2, 0.25) is 0 Å². The molecular formula is C23H24N4O4S. The van der Waals surface area contributed by atoms with Crippen LogP contribution in [0.3, 0.4) is 0 Å². The maximum atomic E-state index is 12.4. The normalized spacial score (nSPS) is 10.8. The van der Waals surface area contributed by atoms with Crippen molar-refractivity contribution in [2.75, 3.05) is 16.6 Å². The Morgan fingerprint density at radius 3 is 2.09 bits per heavy atom. The van der Waals surface area contributed by atoms with Crippen molar-refractivity contribution >= 4 is 33.3 Å². The van der Waals surface area contributed by atoms with Crippen LogP contribution in [0.1, 0.15) is 11.1 Å². The number of carbonyl (C=O) groups excluding carboxylic acids is 2. The third kappa shape index (κ3) is 6.85. The minimum atomic E-state index is -3.74. The second kappa shape index (κ2) is 10.5. The van der Waals surface area contributed by atoms with E-state index >= 15 is 0 Å². The van der Waals surface area contributed by atoms with Gasteiger partial charge in [0, 0.05) is 17.9 Å². The van der Waals surface area contributed by atoms with Crippen molar-refractivity contribution in [1.82, 2.24) is 10.6 Å². The number of rotatable bonds is 8. The van der Waals surface area contributed by atoms with Crippen molar-refractivity contribution in [3.8, 4) is 0 Å². The van der Waals surface area contributed by atoms with E-state index in [1.165, 1.54) is 24.3 Å². The predicted molar refractivity (Wildman–Crippen MR) is 124 cm³/mol. The van der Waals surface area contributed by atoms with Gasteiger partial charge in [-0.05, 0) is 48.9 Å². The number of para-hydroxylation sites is 1. The molecule has 0 spiro atoms. The lowest BCUT2D eigenvalue weighted by atomic mass is 10.1. The van der Waals surface area contributed by atoms with Crippen molar-refractivity contribution in [3.63, 3.8) is 0 Å². The van der Waals surface area contributed by atoms with Crippen LogP contribution < -0.4 is 20.7 Å². The highest BCUT2D eigenvalue weighted by Gasteiger charge is 2.14. The molecule has 0 aliphatic heterocycles. The van der Waals surface area contributed by atoms with E-state index in [0.29, 0.717) is 17.9 Å². The Kier molecular flexibility index (Phi) is 7.45. The molecule has 0 aromatic heterocycles. The second-order valence-electron chi connectivity index (χ2n) is 7.07. The van der Waals surface area contributed by atoms with Gasteiger partial charge in [0.25, 0.3) is 10.0 Å². The van der Waals surface area contributed by atoms with E-state index in [2.05, 4.69) is 20.7 Å². The minimum absolute atomic E-state index is 0.0629. The molecule has 0 aliphatic rings. The number of carbonyl (C=O) groups is 2. The SMILES string of the molecule is Cc1ccc(CNC(=O)NCC(=O)Nc2ccc(S(=O)(=O)Nc3ccccc3)cc2)cc1. The fourth-order valence-electron chi connectivity index (χ4n) is 2.75. The largest absolute Gasteiger partial charge is 0.334 e. The van der Waals surface area contributed by atoms with Crippen molar-refractivity contribution in [1.29, 1.82) is 0 Å². The molecule has 0 aliphatic carbocycles. The predicted octanol–water partition coefficient (Wildman–Crippen LogP) is 3.23. The lowest BCUT2D eigenvalue weighted by molar-refractivity contribution is -0.115. The molecule has 0 saturated heterocycles. The van der Waals surface area contributed by atoms with Crippen LogP contribution in [0, 0.1) is 6.92 Å². The number of hydrogen-bond donors (Lipinski definition) is 4. The Labute approximate surface area is 187 Å². The summed E-state index contributed by atoms with van der Waals surface area (Å²) in [5, 5.41) is 7.77. The zero-order valence-electron chi connectivity index (χ0n) is 17.5. The zero-order chi connectivity index (χ0) is 23.0.